The van der Waals surface area contributed by atoms with Crippen molar-refractivity contribution in [3.63, 3.8) is 0 Å². The predicted molar refractivity (Wildman–Crippen MR) is 57.4 cm³/mol. The van der Waals surface area contributed by atoms with Gasteiger partial charge < -0.3 is 5.11 Å². The number of phenols is 1. The molecule has 2 rings (SSSR count). The molecule has 1 N–H and O–H groups in total. The fourth-order valence-corrected chi connectivity index (χ4v) is 1.67. The molecule has 2 nitrogen and oxygen atoms in total. The highest BCUT2D eigenvalue weighted by molar-refractivity contribution is 5.84. The molecular formula is C12H13NO. The molecule has 0 saturated heterocycles. The van der Waals surface area contributed by atoms with Crippen molar-refractivity contribution in [3.8, 4) is 5.75 Å². The minimum atomic E-state index is 0.284. The van der Waals surface area contributed by atoms with E-state index < -0.39 is 0 Å². The van der Waals surface area contributed by atoms with Gasteiger partial charge in [-0.2, -0.15) is 0 Å². The van der Waals surface area contributed by atoms with Crippen LogP contribution in [0.1, 0.15) is 18.9 Å². The topological polar surface area (TPSA) is 33.1 Å². The minimum Gasteiger partial charge on any atom is -0.506 e. The van der Waals surface area contributed by atoms with Gasteiger partial charge in [0.2, 0.25) is 0 Å². The van der Waals surface area contributed by atoms with Crippen LogP contribution in [-0.4, -0.2) is 10.1 Å². The Hall–Kier alpha value is -1.57. The first-order valence-electron chi connectivity index (χ1n) is 4.88. The standard InChI is InChI=1S/C12H13NO/c1-2-4-9-7-10-5-3-6-13-12(10)11(14)8-9/h3,5-8,14H,2,4H2,1H3. The maximum absolute atomic E-state index is 9.72. The third-order valence-electron chi connectivity index (χ3n) is 2.28. The lowest BCUT2D eigenvalue weighted by Crippen LogP contribution is -1.85. The van der Waals surface area contributed by atoms with E-state index in [2.05, 4.69) is 18.0 Å². The highest BCUT2D eigenvalue weighted by Crippen LogP contribution is 2.24. The van der Waals surface area contributed by atoms with E-state index in [0.717, 1.165) is 18.2 Å². The molecule has 0 atom stereocenters. The van der Waals surface area contributed by atoms with Gasteiger partial charge in [0.1, 0.15) is 11.3 Å². The number of aromatic hydroxyl groups is 1. The monoisotopic (exact) mass is 187 g/mol. The van der Waals surface area contributed by atoms with Gasteiger partial charge in [-0.15, -0.1) is 0 Å². The smallest absolute Gasteiger partial charge is 0.142 e. The maximum Gasteiger partial charge on any atom is 0.142 e. The lowest BCUT2D eigenvalue weighted by molar-refractivity contribution is 0.479. The molecule has 0 unspecified atom stereocenters. The normalized spacial score (nSPS) is 10.6. The summed E-state index contributed by atoms with van der Waals surface area (Å²) < 4.78 is 0. The van der Waals surface area contributed by atoms with Crippen molar-refractivity contribution in [1.29, 1.82) is 0 Å². The number of phenolic OH excluding ortho intramolecular Hbond substituents is 1. The SMILES string of the molecule is CCCc1cc(O)c2ncccc2c1. The van der Waals surface area contributed by atoms with E-state index in [9.17, 15) is 5.11 Å². The molecule has 2 aromatic rings. The highest BCUT2D eigenvalue weighted by Gasteiger charge is 2.02. The lowest BCUT2D eigenvalue weighted by atomic mass is 10.1. The van der Waals surface area contributed by atoms with E-state index in [-0.39, 0.29) is 5.75 Å². The molecule has 0 amide bonds. The Bertz CT molecular complexity index is 451. The van der Waals surface area contributed by atoms with Crippen molar-refractivity contribution in [2.24, 2.45) is 0 Å². The van der Waals surface area contributed by atoms with Gasteiger partial charge in [-0.1, -0.05) is 19.4 Å². The number of fused-ring (bicyclic) bond motifs is 1. The third kappa shape index (κ3) is 1.55. The molecule has 0 bridgehead atoms. The largest absolute Gasteiger partial charge is 0.506 e. The Balaban J connectivity index is 2.60. The second kappa shape index (κ2) is 3.66. The summed E-state index contributed by atoms with van der Waals surface area (Å²) >= 11 is 0. The van der Waals surface area contributed by atoms with Crippen LogP contribution in [-0.2, 0) is 6.42 Å². The molecule has 0 aliphatic carbocycles. The highest BCUT2D eigenvalue weighted by atomic mass is 16.3. The van der Waals surface area contributed by atoms with Crippen molar-refractivity contribution in [2.45, 2.75) is 19.8 Å². The van der Waals surface area contributed by atoms with Crippen molar-refractivity contribution in [2.75, 3.05) is 0 Å². The van der Waals surface area contributed by atoms with Crippen LogP contribution < -0.4 is 0 Å². The van der Waals surface area contributed by atoms with E-state index in [0.29, 0.717) is 5.52 Å². The fraction of sp³-hybridized carbons (Fsp3) is 0.250. The molecule has 0 fully saturated rings. The van der Waals surface area contributed by atoms with Crippen molar-refractivity contribution in [3.05, 3.63) is 36.0 Å². The molecule has 1 aromatic carbocycles. The predicted octanol–water partition coefficient (Wildman–Crippen LogP) is 2.89. The van der Waals surface area contributed by atoms with Crippen molar-refractivity contribution < 1.29 is 5.11 Å². The summed E-state index contributed by atoms with van der Waals surface area (Å²) in [4.78, 5) is 4.13. The lowest BCUT2D eigenvalue weighted by Gasteiger charge is -2.03. The van der Waals surface area contributed by atoms with Crippen molar-refractivity contribution in [1.82, 2.24) is 4.98 Å². The molecular weight excluding hydrogens is 174 g/mol. The van der Waals surface area contributed by atoms with Crippen LogP contribution in [0, 0.1) is 0 Å². The number of nitrogens with zero attached hydrogens (tertiary/aromatic N) is 1. The van der Waals surface area contributed by atoms with Crippen LogP contribution in [0.25, 0.3) is 10.9 Å². The molecule has 14 heavy (non-hydrogen) atoms. The van der Waals surface area contributed by atoms with Gasteiger partial charge in [0.05, 0.1) is 0 Å². The molecule has 72 valence electrons. The Labute approximate surface area is 83.2 Å². The number of aromatic nitrogens is 1. The average Bonchev–Trinajstić information content (AvgIpc) is 2.18. The van der Waals surface area contributed by atoms with Gasteiger partial charge in [0, 0.05) is 11.6 Å². The Morgan fingerprint density at radius 3 is 3.00 bits per heavy atom. The Kier molecular flexibility index (Phi) is 2.35. The van der Waals surface area contributed by atoms with Crippen LogP contribution in [0.5, 0.6) is 5.75 Å². The zero-order valence-electron chi connectivity index (χ0n) is 8.20. The number of hydrogen-bond donors (Lipinski definition) is 1. The van der Waals surface area contributed by atoms with Crippen LogP contribution in [0.2, 0.25) is 0 Å². The van der Waals surface area contributed by atoms with Crippen LogP contribution >= 0.6 is 0 Å². The first kappa shape index (κ1) is 9.00. The summed E-state index contributed by atoms with van der Waals surface area (Å²) in [7, 11) is 0. The average molecular weight is 187 g/mol. The van der Waals surface area contributed by atoms with Gasteiger partial charge >= 0.3 is 0 Å². The second-order valence-electron chi connectivity index (χ2n) is 3.44. The molecule has 0 aliphatic heterocycles. The van der Waals surface area contributed by atoms with E-state index in [1.54, 1.807) is 12.3 Å². The molecule has 1 aromatic heterocycles. The zero-order valence-corrected chi connectivity index (χ0v) is 8.20. The summed E-state index contributed by atoms with van der Waals surface area (Å²) in [5.74, 6) is 0.284. The van der Waals surface area contributed by atoms with Gasteiger partial charge in [-0.25, -0.2) is 0 Å². The quantitative estimate of drug-likeness (QED) is 0.784. The van der Waals surface area contributed by atoms with E-state index in [4.69, 9.17) is 0 Å². The maximum atomic E-state index is 9.72. The second-order valence-corrected chi connectivity index (χ2v) is 3.44. The van der Waals surface area contributed by atoms with Gasteiger partial charge in [0.25, 0.3) is 0 Å². The van der Waals surface area contributed by atoms with Crippen LogP contribution in [0.4, 0.5) is 0 Å². The molecule has 0 radical (unpaired) electrons. The zero-order chi connectivity index (χ0) is 9.97. The summed E-state index contributed by atoms with van der Waals surface area (Å²) in [5, 5.41) is 10.7. The van der Waals surface area contributed by atoms with Gasteiger partial charge in [-0.3, -0.25) is 4.98 Å². The first-order chi connectivity index (χ1) is 6.81. The Morgan fingerprint density at radius 1 is 1.36 bits per heavy atom. The number of aryl methyl sites for hydroxylation is 1. The minimum absolute atomic E-state index is 0.284. The number of benzene rings is 1. The summed E-state index contributed by atoms with van der Waals surface area (Å²) in [5.41, 5.74) is 1.86. The van der Waals surface area contributed by atoms with Crippen molar-refractivity contribution >= 4 is 10.9 Å². The number of rotatable bonds is 2. The van der Waals surface area contributed by atoms with Crippen LogP contribution in [0.15, 0.2) is 30.5 Å². The molecule has 0 spiro atoms. The van der Waals surface area contributed by atoms with Gasteiger partial charge in [-0.05, 0) is 30.2 Å². The van der Waals surface area contributed by atoms with E-state index in [1.807, 2.05) is 12.1 Å². The molecule has 1 heterocycles. The molecule has 0 saturated carbocycles. The Morgan fingerprint density at radius 2 is 2.21 bits per heavy atom. The first-order valence-corrected chi connectivity index (χ1v) is 4.88. The third-order valence-corrected chi connectivity index (χ3v) is 2.28. The van der Waals surface area contributed by atoms with Gasteiger partial charge in [0.15, 0.2) is 0 Å². The molecule has 2 heteroatoms. The van der Waals surface area contributed by atoms with E-state index >= 15 is 0 Å². The van der Waals surface area contributed by atoms with E-state index in [1.165, 1.54) is 5.56 Å². The van der Waals surface area contributed by atoms with Crippen LogP contribution in [0.3, 0.4) is 0 Å². The number of pyridine rings is 1. The molecule has 0 aliphatic rings. The summed E-state index contributed by atoms with van der Waals surface area (Å²) in [6.45, 7) is 2.13. The number of hydrogen-bond acceptors (Lipinski definition) is 2. The fourth-order valence-electron chi connectivity index (χ4n) is 1.67. The summed E-state index contributed by atoms with van der Waals surface area (Å²) in [6.07, 6.45) is 3.78. The summed E-state index contributed by atoms with van der Waals surface area (Å²) in [6, 6.07) is 7.75.